The van der Waals surface area contributed by atoms with Crippen molar-refractivity contribution in [2.75, 3.05) is 20.6 Å². The summed E-state index contributed by atoms with van der Waals surface area (Å²) in [7, 11) is 3.47. The Morgan fingerprint density at radius 2 is 1.69 bits per heavy atom. The molecule has 2 N–H and O–H groups in total. The summed E-state index contributed by atoms with van der Waals surface area (Å²) in [5.74, 6) is 0.620. The van der Waals surface area contributed by atoms with Gasteiger partial charge >= 0.3 is 0 Å². The Hall–Kier alpha value is -1.83. The Kier molecular flexibility index (Phi) is 8.84. The van der Waals surface area contributed by atoms with Crippen LogP contribution in [-0.2, 0) is 4.79 Å². The number of amides is 1. The van der Waals surface area contributed by atoms with E-state index in [9.17, 15) is 4.79 Å². The molecule has 5 nitrogen and oxygen atoms in total. The molecule has 6 heteroatoms. The first-order valence-electron chi connectivity index (χ1n) is 8.63. The third kappa shape index (κ3) is 6.48. The number of carbonyl (C=O) groups is 1. The van der Waals surface area contributed by atoms with E-state index in [-0.39, 0.29) is 48.5 Å². The summed E-state index contributed by atoms with van der Waals surface area (Å²) >= 11 is 0. The molecule has 0 fully saturated rings. The molecule has 26 heavy (non-hydrogen) atoms. The highest BCUT2D eigenvalue weighted by atomic mass is 127. The molecular weight excluding hydrogens is 439 g/mol. The van der Waals surface area contributed by atoms with Crippen molar-refractivity contribution in [3.63, 3.8) is 0 Å². The maximum atomic E-state index is 11.8. The van der Waals surface area contributed by atoms with Crippen LogP contribution in [0.4, 0.5) is 0 Å². The SMILES string of the molecule is CC(C)NC(=NCC(=O)N(C)C)NC(C)c1ccc2ccccc2c1.I. The first-order chi connectivity index (χ1) is 11.9. The first-order valence-corrected chi connectivity index (χ1v) is 8.63. The molecule has 0 saturated heterocycles. The molecule has 0 radical (unpaired) electrons. The molecule has 0 saturated carbocycles. The second-order valence-corrected chi connectivity index (χ2v) is 6.72. The number of halogens is 1. The predicted molar refractivity (Wildman–Crippen MR) is 120 cm³/mol. The van der Waals surface area contributed by atoms with Crippen molar-refractivity contribution in [1.82, 2.24) is 15.5 Å². The zero-order chi connectivity index (χ0) is 18.4. The van der Waals surface area contributed by atoms with Gasteiger partial charge in [-0.25, -0.2) is 4.99 Å². The lowest BCUT2D eigenvalue weighted by Gasteiger charge is -2.21. The molecule has 0 aliphatic carbocycles. The van der Waals surface area contributed by atoms with E-state index in [4.69, 9.17) is 0 Å². The van der Waals surface area contributed by atoms with E-state index in [0.29, 0.717) is 5.96 Å². The number of hydrogen-bond donors (Lipinski definition) is 2. The molecule has 1 unspecified atom stereocenters. The summed E-state index contributed by atoms with van der Waals surface area (Å²) in [6.45, 7) is 6.31. The number of aliphatic imine (C=N–C) groups is 1. The van der Waals surface area contributed by atoms with E-state index in [1.165, 1.54) is 16.3 Å². The molecule has 0 aromatic heterocycles. The van der Waals surface area contributed by atoms with Crippen LogP contribution in [0.15, 0.2) is 47.5 Å². The van der Waals surface area contributed by atoms with Crippen molar-refractivity contribution in [2.45, 2.75) is 32.9 Å². The summed E-state index contributed by atoms with van der Waals surface area (Å²) in [5.41, 5.74) is 1.18. The number of hydrogen-bond acceptors (Lipinski definition) is 2. The van der Waals surface area contributed by atoms with E-state index >= 15 is 0 Å². The smallest absolute Gasteiger partial charge is 0.243 e. The number of carbonyl (C=O) groups excluding carboxylic acids is 1. The summed E-state index contributed by atoms with van der Waals surface area (Å²) in [6, 6.07) is 15.1. The number of guanidine groups is 1. The number of nitrogens with zero attached hydrogens (tertiary/aromatic N) is 2. The number of fused-ring (bicyclic) bond motifs is 1. The second-order valence-electron chi connectivity index (χ2n) is 6.72. The highest BCUT2D eigenvalue weighted by Crippen LogP contribution is 2.20. The standard InChI is InChI=1S/C20H28N4O.HI/c1-14(2)22-20(21-13-19(25)24(4)5)23-15(3)17-11-10-16-8-6-7-9-18(16)12-17;/h6-12,14-15H,13H2,1-5H3,(H2,21,22,23);1H. The van der Waals surface area contributed by atoms with Gasteiger partial charge in [-0.1, -0.05) is 36.4 Å². The molecular formula is C20H29IN4O. The van der Waals surface area contributed by atoms with Crippen LogP contribution < -0.4 is 10.6 Å². The van der Waals surface area contributed by atoms with Gasteiger partial charge in [0.05, 0.1) is 6.04 Å². The zero-order valence-electron chi connectivity index (χ0n) is 16.1. The maximum absolute atomic E-state index is 11.8. The van der Waals surface area contributed by atoms with Crippen LogP contribution in [0.5, 0.6) is 0 Å². The van der Waals surface area contributed by atoms with Gasteiger partial charge < -0.3 is 15.5 Å². The third-order valence-corrected chi connectivity index (χ3v) is 3.92. The average Bonchev–Trinajstić information content (AvgIpc) is 2.58. The van der Waals surface area contributed by atoms with Crippen LogP contribution in [0.25, 0.3) is 10.8 Å². The van der Waals surface area contributed by atoms with E-state index < -0.39 is 0 Å². The third-order valence-electron chi connectivity index (χ3n) is 3.92. The zero-order valence-corrected chi connectivity index (χ0v) is 18.4. The minimum atomic E-state index is -0.0248. The van der Waals surface area contributed by atoms with Crippen molar-refractivity contribution >= 4 is 46.6 Å². The number of rotatable bonds is 5. The van der Waals surface area contributed by atoms with Gasteiger partial charge in [0.25, 0.3) is 0 Å². The van der Waals surface area contributed by atoms with Gasteiger partial charge in [-0.15, -0.1) is 24.0 Å². The Bertz CT molecular complexity index is 758. The lowest BCUT2D eigenvalue weighted by atomic mass is 10.0. The van der Waals surface area contributed by atoms with Gasteiger partial charge in [-0.3, -0.25) is 4.79 Å². The van der Waals surface area contributed by atoms with Gasteiger partial charge in [0.2, 0.25) is 5.91 Å². The van der Waals surface area contributed by atoms with Gasteiger partial charge in [0.1, 0.15) is 6.54 Å². The van der Waals surface area contributed by atoms with Crippen molar-refractivity contribution in [1.29, 1.82) is 0 Å². The monoisotopic (exact) mass is 468 g/mol. The number of benzene rings is 2. The minimum absolute atomic E-state index is 0. The molecule has 1 amide bonds. The molecule has 142 valence electrons. The average molecular weight is 468 g/mol. The highest BCUT2D eigenvalue weighted by molar-refractivity contribution is 14.0. The van der Waals surface area contributed by atoms with Gasteiger partial charge in [-0.05, 0) is 43.2 Å². The lowest BCUT2D eigenvalue weighted by Crippen LogP contribution is -2.43. The second kappa shape index (κ2) is 10.4. The largest absolute Gasteiger partial charge is 0.354 e. The van der Waals surface area contributed by atoms with E-state index in [1.54, 1.807) is 19.0 Å². The van der Waals surface area contributed by atoms with Gasteiger partial charge in [-0.2, -0.15) is 0 Å². The van der Waals surface area contributed by atoms with Crippen molar-refractivity contribution in [3.05, 3.63) is 48.0 Å². The topological polar surface area (TPSA) is 56.7 Å². The van der Waals surface area contributed by atoms with Crippen LogP contribution in [0, 0.1) is 0 Å². The fourth-order valence-electron chi connectivity index (χ4n) is 2.46. The number of likely N-dealkylation sites (N-methyl/N-ethyl adjacent to an activating group) is 1. The fraction of sp³-hybridized carbons (Fsp3) is 0.400. The normalized spacial score (nSPS) is 12.5. The van der Waals surface area contributed by atoms with E-state index in [1.807, 2.05) is 26.0 Å². The highest BCUT2D eigenvalue weighted by Gasteiger charge is 2.11. The quantitative estimate of drug-likeness (QED) is 0.401. The minimum Gasteiger partial charge on any atom is -0.354 e. The summed E-state index contributed by atoms with van der Waals surface area (Å²) in [4.78, 5) is 17.8. The van der Waals surface area contributed by atoms with Crippen LogP contribution >= 0.6 is 24.0 Å². The Labute approximate surface area is 173 Å². The maximum Gasteiger partial charge on any atom is 0.243 e. The molecule has 0 aliphatic rings. The Morgan fingerprint density at radius 1 is 1.04 bits per heavy atom. The lowest BCUT2D eigenvalue weighted by molar-refractivity contribution is -0.127. The van der Waals surface area contributed by atoms with Gasteiger partial charge in [0.15, 0.2) is 5.96 Å². The molecule has 2 rings (SSSR count). The predicted octanol–water partition coefficient (Wildman–Crippen LogP) is 3.55. The van der Waals surface area contributed by atoms with E-state index in [0.717, 1.165) is 0 Å². The van der Waals surface area contributed by atoms with Crippen molar-refractivity contribution in [2.24, 2.45) is 4.99 Å². The summed E-state index contributed by atoms with van der Waals surface area (Å²) in [6.07, 6.45) is 0. The first kappa shape index (κ1) is 22.2. The van der Waals surface area contributed by atoms with Crippen LogP contribution in [-0.4, -0.2) is 43.4 Å². The fourth-order valence-corrected chi connectivity index (χ4v) is 2.46. The summed E-state index contributed by atoms with van der Waals surface area (Å²) < 4.78 is 0. The Morgan fingerprint density at radius 3 is 2.31 bits per heavy atom. The molecule has 0 bridgehead atoms. The number of nitrogens with one attached hydrogen (secondary N) is 2. The summed E-state index contributed by atoms with van der Waals surface area (Å²) in [5, 5.41) is 9.11. The molecule has 0 spiro atoms. The molecule has 0 aliphatic heterocycles. The van der Waals surface area contributed by atoms with Crippen LogP contribution in [0.3, 0.4) is 0 Å². The van der Waals surface area contributed by atoms with Crippen LogP contribution in [0.2, 0.25) is 0 Å². The molecule has 2 aromatic carbocycles. The van der Waals surface area contributed by atoms with Gasteiger partial charge in [0, 0.05) is 20.1 Å². The molecule has 2 aromatic rings. The van der Waals surface area contributed by atoms with Crippen molar-refractivity contribution < 1.29 is 4.79 Å². The molecule has 1 atom stereocenters. The van der Waals surface area contributed by atoms with E-state index in [2.05, 4.69) is 52.9 Å². The molecule has 0 heterocycles. The van der Waals surface area contributed by atoms with Crippen molar-refractivity contribution in [3.8, 4) is 0 Å². The Balaban J connectivity index is 0.00000338. The van der Waals surface area contributed by atoms with Crippen LogP contribution in [0.1, 0.15) is 32.4 Å².